The van der Waals surface area contributed by atoms with Crippen molar-refractivity contribution in [2.45, 2.75) is 38.6 Å². The van der Waals surface area contributed by atoms with Crippen LogP contribution in [0, 0.1) is 18.3 Å². The molecular formula is C27H33NO3S. The summed E-state index contributed by atoms with van der Waals surface area (Å²) in [6.07, 6.45) is 0. The van der Waals surface area contributed by atoms with E-state index in [1.807, 2.05) is 6.92 Å². The van der Waals surface area contributed by atoms with Crippen molar-refractivity contribution < 1.29 is 13.0 Å². The van der Waals surface area contributed by atoms with E-state index in [-0.39, 0.29) is 4.90 Å². The molecule has 0 spiro atoms. The van der Waals surface area contributed by atoms with Crippen molar-refractivity contribution in [1.29, 1.82) is 0 Å². The normalized spacial score (nSPS) is 15.1. The molecule has 32 heavy (non-hydrogen) atoms. The van der Waals surface area contributed by atoms with Crippen molar-refractivity contribution in [2.75, 3.05) is 13.1 Å². The van der Waals surface area contributed by atoms with Gasteiger partial charge in [-0.15, -0.1) is 0 Å². The second-order valence-electron chi connectivity index (χ2n) is 9.53. The molecule has 1 heterocycles. The van der Waals surface area contributed by atoms with Crippen molar-refractivity contribution in [3.8, 4) is 0 Å². The van der Waals surface area contributed by atoms with E-state index in [2.05, 4.69) is 86.3 Å². The molecule has 0 amide bonds. The molecule has 0 radical (unpaired) electrons. The SMILES string of the molecule is CC(C)(C)C1CN(C(c2ccccc2)c2ccccc2)C1.Cc1ccc(S(=O)(=O)O)cc1. The number of rotatable bonds is 4. The minimum Gasteiger partial charge on any atom is -0.292 e. The highest BCUT2D eigenvalue weighted by molar-refractivity contribution is 7.85. The third-order valence-corrected chi connectivity index (χ3v) is 6.92. The van der Waals surface area contributed by atoms with E-state index in [9.17, 15) is 8.42 Å². The molecule has 1 saturated heterocycles. The fourth-order valence-electron chi connectivity index (χ4n) is 3.87. The Morgan fingerprint density at radius 1 is 0.812 bits per heavy atom. The molecule has 1 N–H and O–H groups in total. The Hall–Kier alpha value is -2.47. The molecule has 1 fully saturated rings. The summed E-state index contributed by atoms with van der Waals surface area (Å²) in [4.78, 5) is 2.55. The van der Waals surface area contributed by atoms with Crippen LogP contribution in [0.15, 0.2) is 89.8 Å². The minimum atomic E-state index is -4.02. The van der Waals surface area contributed by atoms with Gasteiger partial charge in [0.25, 0.3) is 10.1 Å². The lowest BCUT2D eigenvalue weighted by molar-refractivity contribution is 0.00325. The van der Waals surface area contributed by atoms with E-state index in [0.717, 1.165) is 11.5 Å². The molecule has 3 aromatic carbocycles. The molecule has 0 aliphatic carbocycles. The highest BCUT2D eigenvalue weighted by Crippen LogP contribution is 2.40. The summed E-state index contributed by atoms with van der Waals surface area (Å²) >= 11 is 0. The molecule has 0 unspecified atom stereocenters. The van der Waals surface area contributed by atoms with Gasteiger partial charge in [-0.2, -0.15) is 8.42 Å². The second kappa shape index (κ2) is 9.99. The van der Waals surface area contributed by atoms with Crippen molar-refractivity contribution in [3.63, 3.8) is 0 Å². The first kappa shape index (κ1) is 24.2. The number of aryl methyl sites for hydroxylation is 1. The maximum absolute atomic E-state index is 10.5. The van der Waals surface area contributed by atoms with Crippen molar-refractivity contribution >= 4 is 10.1 Å². The molecule has 4 rings (SSSR count). The van der Waals surface area contributed by atoms with E-state index in [1.54, 1.807) is 12.1 Å². The van der Waals surface area contributed by atoms with Crippen molar-refractivity contribution in [3.05, 3.63) is 102 Å². The van der Waals surface area contributed by atoms with Crippen LogP contribution in [-0.2, 0) is 10.1 Å². The highest BCUT2D eigenvalue weighted by Gasteiger charge is 2.39. The number of hydrogen-bond donors (Lipinski definition) is 1. The summed E-state index contributed by atoms with van der Waals surface area (Å²) in [5.74, 6) is 0.799. The van der Waals surface area contributed by atoms with Crippen molar-refractivity contribution in [1.82, 2.24) is 4.90 Å². The quantitative estimate of drug-likeness (QED) is 0.495. The van der Waals surface area contributed by atoms with Gasteiger partial charge in [0.1, 0.15) is 0 Å². The largest absolute Gasteiger partial charge is 0.294 e. The topological polar surface area (TPSA) is 57.6 Å². The monoisotopic (exact) mass is 451 g/mol. The zero-order valence-corrected chi connectivity index (χ0v) is 20.1. The average Bonchev–Trinajstić information content (AvgIpc) is 2.71. The van der Waals surface area contributed by atoms with Crippen LogP contribution in [0.3, 0.4) is 0 Å². The lowest BCUT2D eigenvalue weighted by Gasteiger charge is -2.50. The first-order valence-corrected chi connectivity index (χ1v) is 12.4. The fourth-order valence-corrected chi connectivity index (χ4v) is 4.35. The maximum Gasteiger partial charge on any atom is 0.294 e. The predicted molar refractivity (Wildman–Crippen MR) is 130 cm³/mol. The van der Waals surface area contributed by atoms with Gasteiger partial charge < -0.3 is 0 Å². The Morgan fingerprint density at radius 2 is 1.25 bits per heavy atom. The van der Waals surface area contributed by atoms with Gasteiger partial charge in [-0.25, -0.2) is 0 Å². The van der Waals surface area contributed by atoms with E-state index >= 15 is 0 Å². The van der Waals surface area contributed by atoms with Crippen LogP contribution >= 0.6 is 0 Å². The second-order valence-corrected chi connectivity index (χ2v) is 11.0. The number of benzene rings is 3. The van der Waals surface area contributed by atoms with Crippen LogP contribution in [0.1, 0.15) is 43.5 Å². The van der Waals surface area contributed by atoms with Gasteiger partial charge in [-0.3, -0.25) is 9.45 Å². The third-order valence-electron chi connectivity index (χ3n) is 6.05. The average molecular weight is 452 g/mol. The van der Waals surface area contributed by atoms with Gasteiger partial charge in [0.05, 0.1) is 10.9 Å². The number of nitrogens with zero attached hydrogens (tertiary/aromatic N) is 1. The molecular weight excluding hydrogens is 418 g/mol. The molecule has 0 atom stereocenters. The van der Waals surface area contributed by atoms with Gasteiger partial charge in [0.2, 0.25) is 0 Å². The number of likely N-dealkylation sites (tertiary alicyclic amines) is 1. The molecule has 1 aliphatic rings. The molecule has 0 bridgehead atoms. The van der Waals surface area contributed by atoms with Crippen molar-refractivity contribution in [2.24, 2.45) is 11.3 Å². The van der Waals surface area contributed by atoms with Gasteiger partial charge in [0.15, 0.2) is 0 Å². The summed E-state index contributed by atoms with van der Waals surface area (Å²) in [5.41, 5.74) is 4.17. The van der Waals surface area contributed by atoms with Crippen LogP contribution in [0.2, 0.25) is 0 Å². The fraction of sp³-hybridized carbons (Fsp3) is 0.333. The van der Waals surface area contributed by atoms with E-state index in [1.165, 1.54) is 36.3 Å². The molecule has 3 aromatic rings. The Balaban J connectivity index is 0.000000222. The Bertz CT molecular complexity index is 1040. The lowest BCUT2D eigenvalue weighted by atomic mass is 9.74. The van der Waals surface area contributed by atoms with Crippen LogP contribution in [0.4, 0.5) is 0 Å². The van der Waals surface area contributed by atoms with Gasteiger partial charge in [0, 0.05) is 13.1 Å². The zero-order valence-electron chi connectivity index (χ0n) is 19.3. The van der Waals surface area contributed by atoms with Gasteiger partial charge in [-0.1, -0.05) is 99.1 Å². The standard InChI is InChI=1S/C20H25N.C7H8O3S/c1-20(2,3)18-14-21(15-18)19(16-10-6-4-7-11-16)17-12-8-5-9-13-17;1-6-2-4-7(5-3-6)11(8,9)10/h4-13,18-19H,14-15H2,1-3H3;2-5H,1H3,(H,8,9,10). The van der Waals surface area contributed by atoms with E-state index < -0.39 is 10.1 Å². The molecule has 4 nitrogen and oxygen atoms in total. The van der Waals surface area contributed by atoms with E-state index in [0.29, 0.717) is 11.5 Å². The third kappa shape index (κ3) is 6.28. The van der Waals surface area contributed by atoms with Gasteiger partial charge in [-0.05, 0) is 41.5 Å². The Morgan fingerprint density at radius 3 is 1.62 bits per heavy atom. The van der Waals surface area contributed by atoms with Crippen LogP contribution in [-0.4, -0.2) is 31.0 Å². The summed E-state index contributed by atoms with van der Waals surface area (Å²) < 4.78 is 29.6. The molecule has 170 valence electrons. The summed E-state index contributed by atoms with van der Waals surface area (Å²) in [7, 11) is -4.02. The minimum absolute atomic E-state index is 0.0666. The first-order chi connectivity index (χ1) is 15.1. The summed E-state index contributed by atoms with van der Waals surface area (Å²) in [5, 5.41) is 0. The van der Waals surface area contributed by atoms with Crippen LogP contribution < -0.4 is 0 Å². The molecule has 5 heteroatoms. The lowest BCUT2D eigenvalue weighted by Crippen LogP contribution is -2.53. The maximum atomic E-state index is 10.5. The Kier molecular flexibility index (Phi) is 7.55. The van der Waals surface area contributed by atoms with E-state index in [4.69, 9.17) is 4.55 Å². The first-order valence-electron chi connectivity index (χ1n) is 10.9. The number of hydrogen-bond acceptors (Lipinski definition) is 3. The smallest absolute Gasteiger partial charge is 0.292 e. The van der Waals surface area contributed by atoms with Gasteiger partial charge >= 0.3 is 0 Å². The Labute approximate surface area is 192 Å². The summed E-state index contributed by atoms with van der Waals surface area (Å²) in [6, 6.07) is 28.2. The van der Waals surface area contributed by atoms with Crippen LogP contribution in [0.25, 0.3) is 0 Å². The predicted octanol–water partition coefficient (Wildman–Crippen LogP) is 6.00. The highest BCUT2D eigenvalue weighted by atomic mass is 32.2. The molecule has 0 saturated carbocycles. The molecule has 1 aliphatic heterocycles. The summed E-state index contributed by atoms with van der Waals surface area (Å²) in [6.45, 7) is 11.3. The van der Waals surface area contributed by atoms with Crippen LogP contribution in [0.5, 0.6) is 0 Å². The zero-order chi connectivity index (χ0) is 23.4. The molecule has 0 aromatic heterocycles.